The average molecular weight is 560 g/mol. The molecule has 8 nitrogen and oxygen atoms in total. The maximum Gasteiger partial charge on any atom is 0.321 e. The van der Waals surface area contributed by atoms with Crippen LogP contribution in [-0.2, 0) is 0 Å². The Morgan fingerprint density at radius 2 is 1.35 bits per heavy atom. The number of hydrogen-bond acceptors (Lipinski definition) is 4. The van der Waals surface area contributed by atoms with Gasteiger partial charge in [0.1, 0.15) is 0 Å². The largest absolute Gasteiger partial charge is 0.367 e. The van der Waals surface area contributed by atoms with Crippen molar-refractivity contribution in [3.05, 3.63) is 88.4 Å². The van der Waals surface area contributed by atoms with Gasteiger partial charge in [-0.25, -0.2) is 4.79 Å². The van der Waals surface area contributed by atoms with E-state index in [-0.39, 0.29) is 17.8 Å². The Labute approximate surface area is 239 Å². The fourth-order valence-corrected chi connectivity index (χ4v) is 5.25. The van der Waals surface area contributed by atoms with Gasteiger partial charge in [0, 0.05) is 66.9 Å². The molecule has 4 amide bonds. The first-order valence-electron chi connectivity index (χ1n) is 13.8. The van der Waals surface area contributed by atoms with Crippen molar-refractivity contribution < 1.29 is 14.4 Å². The number of piperazine rings is 1. The van der Waals surface area contributed by atoms with Gasteiger partial charge in [0.05, 0.1) is 5.56 Å². The molecule has 2 fully saturated rings. The number of nitrogens with zero attached hydrogens (tertiary/aromatic N) is 3. The van der Waals surface area contributed by atoms with Crippen LogP contribution in [0.3, 0.4) is 0 Å². The zero-order valence-electron chi connectivity index (χ0n) is 22.7. The number of amides is 4. The van der Waals surface area contributed by atoms with Crippen LogP contribution in [-0.4, -0.2) is 66.9 Å². The summed E-state index contributed by atoms with van der Waals surface area (Å²) in [5.74, 6) is -0.300. The monoisotopic (exact) mass is 559 g/mol. The third kappa shape index (κ3) is 6.57. The van der Waals surface area contributed by atoms with Gasteiger partial charge in [-0.15, -0.1) is 0 Å². The third-order valence-electron chi connectivity index (χ3n) is 7.44. The summed E-state index contributed by atoms with van der Waals surface area (Å²) in [5.41, 5.74) is 4.32. The summed E-state index contributed by atoms with van der Waals surface area (Å²) in [5, 5.41) is 6.45. The second-order valence-electron chi connectivity index (χ2n) is 10.3. The second-order valence-corrected chi connectivity index (χ2v) is 10.8. The van der Waals surface area contributed by atoms with E-state index in [4.69, 9.17) is 11.6 Å². The summed E-state index contributed by atoms with van der Waals surface area (Å²) >= 11 is 5.96. The minimum Gasteiger partial charge on any atom is -0.367 e. The van der Waals surface area contributed by atoms with Crippen LogP contribution in [0.25, 0.3) is 0 Å². The van der Waals surface area contributed by atoms with E-state index in [1.54, 1.807) is 35.2 Å². The van der Waals surface area contributed by atoms with Gasteiger partial charge >= 0.3 is 6.03 Å². The van der Waals surface area contributed by atoms with Gasteiger partial charge in [-0.2, -0.15) is 0 Å². The van der Waals surface area contributed by atoms with E-state index in [1.807, 2.05) is 48.2 Å². The standard InChI is InChI=1S/C31H34ClN5O3/c1-22-5-11-25(12-6-22)34-31(40)37-19-17-35(18-20-37)28-14-13-26(33-29(38)23-7-9-24(32)10-8-23)21-27(28)30(39)36-15-3-2-4-16-36/h5-14,21H,2-4,15-20H2,1H3,(H,33,38)(H,34,40). The van der Waals surface area contributed by atoms with Gasteiger partial charge in [0.2, 0.25) is 0 Å². The first-order chi connectivity index (χ1) is 19.4. The molecule has 208 valence electrons. The third-order valence-corrected chi connectivity index (χ3v) is 7.70. The zero-order valence-corrected chi connectivity index (χ0v) is 23.4. The van der Waals surface area contributed by atoms with Crippen LogP contribution in [0.2, 0.25) is 5.02 Å². The van der Waals surface area contributed by atoms with Crippen molar-refractivity contribution in [2.24, 2.45) is 0 Å². The van der Waals surface area contributed by atoms with Gasteiger partial charge in [-0.3, -0.25) is 9.59 Å². The van der Waals surface area contributed by atoms with Gasteiger partial charge < -0.3 is 25.3 Å². The number of nitrogens with one attached hydrogen (secondary N) is 2. The molecule has 0 unspecified atom stereocenters. The van der Waals surface area contributed by atoms with Crippen LogP contribution in [0, 0.1) is 6.92 Å². The fourth-order valence-electron chi connectivity index (χ4n) is 5.12. The number of hydrogen-bond donors (Lipinski definition) is 2. The topological polar surface area (TPSA) is 85.0 Å². The number of aryl methyl sites for hydroxylation is 1. The number of halogens is 1. The molecule has 3 aromatic carbocycles. The average Bonchev–Trinajstić information content (AvgIpc) is 2.99. The molecule has 0 spiro atoms. The van der Waals surface area contributed by atoms with E-state index in [9.17, 15) is 14.4 Å². The number of anilines is 3. The van der Waals surface area contributed by atoms with Crippen molar-refractivity contribution in [3.63, 3.8) is 0 Å². The summed E-state index contributed by atoms with van der Waals surface area (Å²) in [6, 6.07) is 19.8. The molecule has 0 bridgehead atoms. The Morgan fingerprint density at radius 3 is 2.02 bits per heavy atom. The molecule has 0 saturated carbocycles. The minimum atomic E-state index is -0.269. The van der Waals surface area contributed by atoms with Crippen LogP contribution in [0.4, 0.5) is 21.9 Å². The molecule has 2 heterocycles. The number of likely N-dealkylation sites (tertiary alicyclic amines) is 1. The van der Waals surface area contributed by atoms with Crippen molar-refractivity contribution in [3.8, 4) is 0 Å². The van der Waals surface area contributed by atoms with E-state index in [2.05, 4.69) is 15.5 Å². The van der Waals surface area contributed by atoms with Crippen molar-refractivity contribution in [1.29, 1.82) is 0 Å². The maximum atomic E-state index is 13.7. The van der Waals surface area contributed by atoms with Crippen LogP contribution < -0.4 is 15.5 Å². The minimum absolute atomic E-state index is 0.0307. The lowest BCUT2D eigenvalue weighted by atomic mass is 10.1. The lowest BCUT2D eigenvalue weighted by molar-refractivity contribution is 0.0724. The molecule has 2 saturated heterocycles. The highest BCUT2D eigenvalue weighted by atomic mass is 35.5. The van der Waals surface area contributed by atoms with Crippen LogP contribution in [0.1, 0.15) is 45.5 Å². The van der Waals surface area contributed by atoms with Crippen molar-refractivity contribution >= 4 is 46.5 Å². The molecule has 0 aliphatic carbocycles. The molecule has 5 rings (SSSR count). The van der Waals surface area contributed by atoms with Crippen molar-refractivity contribution in [1.82, 2.24) is 9.80 Å². The molecule has 0 atom stereocenters. The highest BCUT2D eigenvalue weighted by molar-refractivity contribution is 6.30. The fraction of sp³-hybridized carbons (Fsp3) is 0.323. The SMILES string of the molecule is Cc1ccc(NC(=O)N2CCN(c3ccc(NC(=O)c4ccc(Cl)cc4)cc3C(=O)N3CCCCC3)CC2)cc1. The van der Waals surface area contributed by atoms with E-state index >= 15 is 0 Å². The molecule has 2 N–H and O–H groups in total. The molecule has 3 aromatic rings. The Balaban J connectivity index is 1.31. The van der Waals surface area contributed by atoms with Gasteiger partial charge in [-0.05, 0) is 80.8 Å². The van der Waals surface area contributed by atoms with Gasteiger partial charge in [-0.1, -0.05) is 29.3 Å². The van der Waals surface area contributed by atoms with Crippen LogP contribution >= 0.6 is 11.6 Å². The number of piperidine rings is 1. The van der Waals surface area contributed by atoms with E-state index in [0.717, 1.165) is 49.3 Å². The molecule has 2 aliphatic rings. The molecule has 2 aliphatic heterocycles. The quantitative estimate of drug-likeness (QED) is 0.409. The van der Waals surface area contributed by atoms with Gasteiger partial charge in [0.15, 0.2) is 0 Å². The number of carbonyl (C=O) groups excluding carboxylic acids is 3. The Kier molecular flexibility index (Phi) is 8.55. The second kappa shape index (κ2) is 12.4. The first-order valence-corrected chi connectivity index (χ1v) is 14.1. The van der Waals surface area contributed by atoms with Gasteiger partial charge in [0.25, 0.3) is 11.8 Å². The van der Waals surface area contributed by atoms with Crippen molar-refractivity contribution in [2.45, 2.75) is 26.2 Å². The smallest absolute Gasteiger partial charge is 0.321 e. The predicted octanol–water partition coefficient (Wildman–Crippen LogP) is 5.88. The predicted molar refractivity (Wildman–Crippen MR) is 160 cm³/mol. The maximum absolute atomic E-state index is 13.7. The lowest BCUT2D eigenvalue weighted by Gasteiger charge is -2.37. The summed E-state index contributed by atoms with van der Waals surface area (Å²) < 4.78 is 0. The Morgan fingerprint density at radius 1 is 0.700 bits per heavy atom. The Hall–Kier alpha value is -4.04. The number of carbonyl (C=O) groups is 3. The number of benzene rings is 3. The molecule has 0 aromatic heterocycles. The highest BCUT2D eigenvalue weighted by Crippen LogP contribution is 2.28. The normalized spacial score (nSPS) is 15.5. The molecule has 9 heteroatoms. The van der Waals surface area contributed by atoms with Crippen LogP contribution in [0.5, 0.6) is 0 Å². The Bertz CT molecular complexity index is 1360. The van der Waals surface area contributed by atoms with Crippen LogP contribution in [0.15, 0.2) is 66.7 Å². The van der Waals surface area contributed by atoms with E-state index < -0.39 is 0 Å². The van der Waals surface area contributed by atoms with E-state index in [0.29, 0.717) is 48.0 Å². The highest BCUT2D eigenvalue weighted by Gasteiger charge is 2.27. The molecular formula is C31H34ClN5O3. The summed E-state index contributed by atoms with van der Waals surface area (Å²) in [7, 11) is 0. The summed E-state index contributed by atoms with van der Waals surface area (Å²) in [6.07, 6.45) is 3.10. The number of rotatable bonds is 5. The molecule has 40 heavy (non-hydrogen) atoms. The number of urea groups is 1. The zero-order chi connectivity index (χ0) is 28.1. The summed E-state index contributed by atoms with van der Waals surface area (Å²) in [4.78, 5) is 45.2. The summed E-state index contributed by atoms with van der Waals surface area (Å²) in [6.45, 7) is 5.72. The molecular weight excluding hydrogens is 526 g/mol. The molecule has 0 radical (unpaired) electrons. The van der Waals surface area contributed by atoms with Crippen molar-refractivity contribution in [2.75, 3.05) is 54.8 Å². The first kappa shape index (κ1) is 27.5. The van der Waals surface area contributed by atoms with E-state index in [1.165, 1.54) is 0 Å². The lowest BCUT2D eigenvalue weighted by Crippen LogP contribution is -2.50.